The van der Waals surface area contributed by atoms with Crippen LogP contribution >= 0.6 is 0 Å². The lowest BCUT2D eigenvalue weighted by Gasteiger charge is -2.29. The van der Waals surface area contributed by atoms with Crippen molar-refractivity contribution in [1.29, 1.82) is 0 Å². The molecule has 0 bridgehead atoms. The van der Waals surface area contributed by atoms with E-state index in [4.69, 9.17) is 0 Å². The first kappa shape index (κ1) is 14.3. The molecule has 0 saturated carbocycles. The molecule has 0 atom stereocenters. The Morgan fingerprint density at radius 3 is 2.52 bits per heavy atom. The van der Waals surface area contributed by atoms with Crippen molar-refractivity contribution in [2.45, 2.75) is 19.3 Å². The van der Waals surface area contributed by atoms with Crippen LogP contribution in [0.3, 0.4) is 0 Å². The van der Waals surface area contributed by atoms with Crippen molar-refractivity contribution in [3.05, 3.63) is 35.0 Å². The van der Waals surface area contributed by atoms with E-state index in [-0.39, 0.29) is 5.56 Å². The van der Waals surface area contributed by atoms with E-state index < -0.39 is 6.43 Å². The molecule has 0 aliphatic carbocycles. The lowest BCUT2D eigenvalue weighted by Crippen LogP contribution is -2.27. The zero-order chi connectivity index (χ0) is 15.1. The first-order chi connectivity index (χ1) is 9.97. The number of anilines is 1. The van der Waals surface area contributed by atoms with Crippen LogP contribution in [-0.2, 0) is 6.42 Å². The fourth-order valence-electron chi connectivity index (χ4n) is 3.17. The van der Waals surface area contributed by atoms with Crippen LogP contribution in [0.1, 0.15) is 29.5 Å². The summed E-state index contributed by atoms with van der Waals surface area (Å²) in [6, 6.07) is 3.67. The van der Waals surface area contributed by atoms with Crippen molar-refractivity contribution in [2.24, 2.45) is 0 Å². The number of rotatable bonds is 2. The normalized spacial score (nSPS) is 19.2. The molecular weight excluding hydrogens is 272 g/mol. The molecule has 0 radical (unpaired) electrons. The second-order valence-corrected chi connectivity index (χ2v) is 5.94. The van der Waals surface area contributed by atoms with E-state index in [0.29, 0.717) is 12.1 Å². The van der Waals surface area contributed by atoms with Crippen LogP contribution in [0.5, 0.6) is 0 Å². The molecule has 0 aromatic heterocycles. The molecule has 1 aromatic carbocycles. The molecule has 2 heterocycles. The van der Waals surface area contributed by atoms with Crippen molar-refractivity contribution in [1.82, 2.24) is 10.0 Å². The van der Waals surface area contributed by atoms with E-state index in [1.807, 2.05) is 43.4 Å². The van der Waals surface area contributed by atoms with E-state index in [9.17, 15) is 8.78 Å². The summed E-state index contributed by atoms with van der Waals surface area (Å²) >= 11 is 0. The van der Waals surface area contributed by atoms with Gasteiger partial charge in [0, 0.05) is 51.7 Å². The molecule has 0 spiro atoms. The predicted molar refractivity (Wildman–Crippen MR) is 81.4 cm³/mol. The van der Waals surface area contributed by atoms with Gasteiger partial charge in [0.1, 0.15) is 0 Å². The summed E-state index contributed by atoms with van der Waals surface area (Å²) < 4.78 is 27.0. The molecule has 0 unspecified atom stereocenters. The molecule has 114 valence electrons. The number of alkyl halides is 2. The number of benzene rings is 1. The topological polar surface area (TPSA) is 9.72 Å². The number of hydrazine groups is 1. The molecule has 2 aliphatic rings. The largest absolute Gasteiger partial charge is 0.374 e. The number of fused-ring (bicyclic) bond motifs is 1. The Hall–Kier alpha value is -1.62. The Morgan fingerprint density at radius 2 is 1.90 bits per heavy atom. The minimum atomic E-state index is -2.45. The zero-order valence-corrected chi connectivity index (χ0v) is 12.7. The third-order valence-corrected chi connectivity index (χ3v) is 4.46. The molecule has 3 rings (SSSR count). The summed E-state index contributed by atoms with van der Waals surface area (Å²) in [5.41, 5.74) is 3.96. The molecule has 0 saturated heterocycles. The van der Waals surface area contributed by atoms with Gasteiger partial charge >= 0.3 is 0 Å². The molecule has 2 aliphatic heterocycles. The fraction of sp³-hybridized carbons (Fsp3) is 0.500. The smallest absolute Gasteiger partial charge is 0.264 e. The maximum absolute atomic E-state index is 13.5. The summed E-state index contributed by atoms with van der Waals surface area (Å²) in [5.74, 6) is 0. The van der Waals surface area contributed by atoms with Crippen LogP contribution in [0, 0.1) is 0 Å². The number of likely N-dealkylation sites (N-methyl/N-ethyl adjacent to an activating group) is 1. The second kappa shape index (κ2) is 5.30. The quantitative estimate of drug-likeness (QED) is 0.829. The lowest BCUT2D eigenvalue weighted by atomic mass is 9.92. The highest BCUT2D eigenvalue weighted by molar-refractivity contribution is 5.75. The Balaban J connectivity index is 2.09. The summed E-state index contributed by atoms with van der Waals surface area (Å²) in [7, 11) is 5.86. The van der Waals surface area contributed by atoms with Gasteiger partial charge < -0.3 is 9.91 Å². The van der Waals surface area contributed by atoms with Gasteiger partial charge in [-0.15, -0.1) is 0 Å². The molecule has 3 nitrogen and oxygen atoms in total. The van der Waals surface area contributed by atoms with E-state index in [1.54, 1.807) is 6.07 Å². The van der Waals surface area contributed by atoms with Gasteiger partial charge in [0.25, 0.3) is 6.43 Å². The number of halogens is 2. The molecule has 0 N–H and O–H groups in total. The Kier molecular flexibility index (Phi) is 3.61. The molecule has 21 heavy (non-hydrogen) atoms. The van der Waals surface area contributed by atoms with Crippen molar-refractivity contribution in [3.8, 4) is 0 Å². The average molecular weight is 293 g/mol. The summed E-state index contributed by atoms with van der Waals surface area (Å²) in [4.78, 5) is 2.08. The van der Waals surface area contributed by atoms with E-state index in [2.05, 4.69) is 4.90 Å². The first-order valence-corrected chi connectivity index (χ1v) is 7.28. The highest BCUT2D eigenvalue weighted by Crippen LogP contribution is 2.37. The van der Waals surface area contributed by atoms with Gasteiger partial charge in [-0.05, 0) is 41.7 Å². The summed E-state index contributed by atoms with van der Waals surface area (Å²) in [6.45, 7) is 1.61. The van der Waals surface area contributed by atoms with Crippen LogP contribution in [-0.4, -0.2) is 44.3 Å². The summed E-state index contributed by atoms with van der Waals surface area (Å²) in [6.07, 6.45) is 1.54. The van der Waals surface area contributed by atoms with E-state index in [0.717, 1.165) is 30.6 Å². The van der Waals surface area contributed by atoms with Crippen LogP contribution < -0.4 is 4.90 Å². The van der Waals surface area contributed by atoms with Gasteiger partial charge in [-0.25, -0.2) is 13.8 Å². The maximum Gasteiger partial charge on any atom is 0.264 e. The standard InChI is InChI=1S/C16H21F2N3/c1-19-6-4-5-11-7-13(12-9-20(2)21(3)10-12)14(16(17)18)8-15(11)19/h7-9,16H,4-6,10H2,1-3H3. The van der Waals surface area contributed by atoms with Crippen LogP contribution in [0.15, 0.2) is 18.3 Å². The number of aryl methyl sites for hydroxylation is 1. The maximum atomic E-state index is 13.5. The Bertz CT molecular complexity index is 583. The van der Waals surface area contributed by atoms with Crippen LogP contribution in [0.25, 0.3) is 5.57 Å². The van der Waals surface area contributed by atoms with Crippen molar-refractivity contribution >= 4 is 11.3 Å². The molecule has 1 aromatic rings. The van der Waals surface area contributed by atoms with Crippen LogP contribution in [0.2, 0.25) is 0 Å². The third-order valence-electron chi connectivity index (χ3n) is 4.46. The lowest BCUT2D eigenvalue weighted by molar-refractivity contribution is 0.118. The second-order valence-electron chi connectivity index (χ2n) is 5.94. The van der Waals surface area contributed by atoms with Crippen molar-refractivity contribution < 1.29 is 8.78 Å². The van der Waals surface area contributed by atoms with Gasteiger partial charge in [0.05, 0.1) is 0 Å². The zero-order valence-electron chi connectivity index (χ0n) is 12.7. The highest BCUT2D eigenvalue weighted by atomic mass is 19.3. The molecule has 5 heteroatoms. The minimum absolute atomic E-state index is 0.150. The monoisotopic (exact) mass is 293 g/mol. The Labute approximate surface area is 124 Å². The minimum Gasteiger partial charge on any atom is -0.374 e. The average Bonchev–Trinajstić information content (AvgIpc) is 2.77. The number of nitrogens with zero attached hydrogens (tertiary/aromatic N) is 3. The van der Waals surface area contributed by atoms with Gasteiger partial charge in [-0.1, -0.05) is 0 Å². The predicted octanol–water partition coefficient (Wildman–Crippen LogP) is 3.14. The summed E-state index contributed by atoms with van der Waals surface area (Å²) in [5, 5.41) is 3.95. The molecular formula is C16H21F2N3. The van der Waals surface area contributed by atoms with Crippen molar-refractivity contribution in [2.75, 3.05) is 39.1 Å². The molecule has 0 fully saturated rings. The van der Waals surface area contributed by atoms with E-state index in [1.165, 1.54) is 5.56 Å². The first-order valence-electron chi connectivity index (χ1n) is 7.28. The number of hydrogen-bond donors (Lipinski definition) is 0. The van der Waals surface area contributed by atoms with Gasteiger partial charge in [-0.2, -0.15) is 0 Å². The van der Waals surface area contributed by atoms with Gasteiger partial charge in [0.15, 0.2) is 0 Å². The van der Waals surface area contributed by atoms with Gasteiger partial charge in [-0.3, -0.25) is 0 Å². The Morgan fingerprint density at radius 1 is 1.14 bits per heavy atom. The number of hydrogen-bond acceptors (Lipinski definition) is 3. The highest BCUT2D eigenvalue weighted by Gasteiger charge is 2.25. The van der Waals surface area contributed by atoms with Crippen molar-refractivity contribution in [3.63, 3.8) is 0 Å². The van der Waals surface area contributed by atoms with Crippen LogP contribution in [0.4, 0.5) is 14.5 Å². The third kappa shape index (κ3) is 2.50. The fourth-order valence-corrected chi connectivity index (χ4v) is 3.17. The molecule has 0 amide bonds. The van der Waals surface area contributed by atoms with Gasteiger partial charge in [0.2, 0.25) is 0 Å². The SMILES string of the molecule is CN1CCCc2cc(C3=CN(C)N(C)C3)c(C(F)F)cc21. The van der Waals surface area contributed by atoms with E-state index >= 15 is 0 Å².